The average molecular weight is 474 g/mol. The summed E-state index contributed by atoms with van der Waals surface area (Å²) in [6.45, 7) is 3.10. The molecule has 2 saturated carbocycles. The molecule has 2 amide bonds. The second kappa shape index (κ2) is 7.80. The Morgan fingerprint density at radius 2 is 2.03 bits per heavy atom. The van der Waals surface area contributed by atoms with E-state index in [0.717, 1.165) is 24.8 Å². The highest BCUT2D eigenvalue weighted by Crippen LogP contribution is 2.47. The molecule has 2 atom stereocenters. The van der Waals surface area contributed by atoms with Gasteiger partial charge in [0.15, 0.2) is 5.65 Å². The van der Waals surface area contributed by atoms with Crippen LogP contribution < -0.4 is 11.1 Å². The average Bonchev–Trinajstić information content (AvgIpc) is 3.71. The number of anilines is 1. The number of amides is 2. The summed E-state index contributed by atoms with van der Waals surface area (Å²) in [5, 5.41) is 21.8. The Morgan fingerprint density at radius 3 is 2.69 bits per heavy atom. The summed E-state index contributed by atoms with van der Waals surface area (Å²) in [6.07, 6.45) is 11.4. The molecule has 180 valence electrons. The van der Waals surface area contributed by atoms with Crippen molar-refractivity contribution in [1.29, 1.82) is 5.26 Å². The summed E-state index contributed by atoms with van der Waals surface area (Å²) in [6, 6.07) is 2.56. The van der Waals surface area contributed by atoms with Crippen LogP contribution in [0.25, 0.3) is 16.9 Å². The van der Waals surface area contributed by atoms with E-state index in [9.17, 15) is 14.9 Å². The number of nitrogens with two attached hydrogens (primary N) is 1. The molecule has 0 bridgehead atoms. The third-order valence-corrected chi connectivity index (χ3v) is 7.53. The molecule has 4 heterocycles. The van der Waals surface area contributed by atoms with Gasteiger partial charge in [0.2, 0.25) is 5.91 Å². The molecular weight excluding hydrogens is 446 g/mol. The molecule has 6 rings (SSSR count). The van der Waals surface area contributed by atoms with Crippen molar-refractivity contribution in [3.8, 4) is 17.3 Å². The second-order valence-electron chi connectivity index (χ2n) is 9.96. The lowest BCUT2D eigenvalue weighted by Gasteiger charge is -2.21. The van der Waals surface area contributed by atoms with Gasteiger partial charge < -0.3 is 16.0 Å². The zero-order valence-electron chi connectivity index (χ0n) is 19.5. The smallest absolute Gasteiger partial charge is 0.252 e. The van der Waals surface area contributed by atoms with Crippen LogP contribution in [0.4, 0.5) is 5.69 Å². The van der Waals surface area contributed by atoms with Crippen LogP contribution in [0.15, 0.2) is 24.8 Å². The largest absolute Gasteiger partial charge is 0.376 e. The van der Waals surface area contributed by atoms with E-state index < -0.39 is 11.3 Å². The van der Waals surface area contributed by atoms with Gasteiger partial charge in [-0.3, -0.25) is 14.3 Å². The number of hydrogen-bond donors (Lipinski definition) is 2. The van der Waals surface area contributed by atoms with Gasteiger partial charge in [-0.05, 0) is 38.0 Å². The lowest BCUT2D eigenvalue weighted by atomic mass is 10.0. The molecule has 3 N–H and O–H groups in total. The Morgan fingerprint density at radius 1 is 1.23 bits per heavy atom. The maximum absolute atomic E-state index is 13.0. The summed E-state index contributed by atoms with van der Waals surface area (Å²) in [5.41, 5.74) is 7.68. The Hall–Kier alpha value is -3.94. The number of fused-ring (bicyclic) bond motifs is 1. The molecule has 3 aromatic rings. The van der Waals surface area contributed by atoms with Crippen molar-refractivity contribution in [3.05, 3.63) is 30.4 Å². The van der Waals surface area contributed by atoms with Gasteiger partial charge in [-0.25, -0.2) is 9.50 Å². The van der Waals surface area contributed by atoms with Gasteiger partial charge >= 0.3 is 0 Å². The summed E-state index contributed by atoms with van der Waals surface area (Å²) >= 11 is 0. The summed E-state index contributed by atoms with van der Waals surface area (Å²) in [5.74, 6) is -0.531. The fourth-order valence-electron chi connectivity index (χ4n) is 5.01. The van der Waals surface area contributed by atoms with Gasteiger partial charge in [0.25, 0.3) is 5.91 Å². The van der Waals surface area contributed by atoms with Gasteiger partial charge in [0.1, 0.15) is 5.41 Å². The van der Waals surface area contributed by atoms with E-state index in [2.05, 4.69) is 28.5 Å². The number of nitriles is 1. The number of likely N-dealkylation sites (tertiary alicyclic amines) is 1. The first kappa shape index (κ1) is 21.6. The number of nitrogens with zero attached hydrogens (tertiary/aromatic N) is 7. The lowest BCUT2D eigenvalue weighted by molar-refractivity contribution is -0.134. The first-order valence-corrected chi connectivity index (χ1v) is 12.1. The van der Waals surface area contributed by atoms with E-state index in [0.29, 0.717) is 49.0 Å². The summed E-state index contributed by atoms with van der Waals surface area (Å²) in [4.78, 5) is 31.9. The van der Waals surface area contributed by atoms with Crippen molar-refractivity contribution in [3.63, 3.8) is 0 Å². The van der Waals surface area contributed by atoms with Crippen molar-refractivity contribution in [2.45, 2.75) is 51.1 Å². The summed E-state index contributed by atoms with van der Waals surface area (Å²) < 4.78 is 3.59. The Bertz CT molecular complexity index is 1380. The first-order valence-electron chi connectivity index (χ1n) is 12.1. The third kappa shape index (κ3) is 3.60. The quantitative estimate of drug-likeness (QED) is 0.533. The molecule has 0 spiro atoms. The third-order valence-electron chi connectivity index (χ3n) is 7.53. The number of carbonyl (C=O) groups is 2. The van der Waals surface area contributed by atoms with Crippen molar-refractivity contribution < 1.29 is 9.59 Å². The van der Waals surface area contributed by atoms with Crippen LogP contribution >= 0.6 is 0 Å². The number of nitrogens with one attached hydrogen (secondary N) is 1. The van der Waals surface area contributed by atoms with Gasteiger partial charge in [0.05, 0.1) is 47.6 Å². The molecule has 3 fully saturated rings. The number of rotatable bonds is 7. The number of imidazole rings is 1. The fraction of sp³-hybridized carbons (Fsp3) is 0.500. The van der Waals surface area contributed by atoms with Gasteiger partial charge in [-0.15, -0.1) is 0 Å². The van der Waals surface area contributed by atoms with Gasteiger partial charge in [-0.2, -0.15) is 15.5 Å². The van der Waals surface area contributed by atoms with Crippen molar-refractivity contribution in [2.24, 2.45) is 17.1 Å². The van der Waals surface area contributed by atoms with Gasteiger partial charge in [0, 0.05) is 30.9 Å². The van der Waals surface area contributed by atoms with Crippen molar-refractivity contribution in [2.75, 3.05) is 18.4 Å². The lowest BCUT2D eigenvalue weighted by Crippen LogP contribution is -2.36. The SMILES string of the molecule is CC[C@H]1CN(C(=O)C2(C#N)CC2)C[C@H]1Nc1c(C(N)=O)cnn2cc(-c3cnn(C4CC4)c3)nc12. The molecular formula is C24H27N9O2. The highest BCUT2D eigenvalue weighted by Gasteiger charge is 2.54. The molecule has 3 aliphatic rings. The van der Waals surface area contributed by atoms with E-state index in [-0.39, 0.29) is 23.4 Å². The monoisotopic (exact) mass is 473 g/mol. The number of carbonyl (C=O) groups excluding carboxylic acids is 2. The van der Waals surface area contributed by atoms with Crippen LogP contribution in [-0.4, -0.2) is 60.2 Å². The molecule has 11 heteroatoms. The van der Waals surface area contributed by atoms with E-state index in [1.165, 1.54) is 6.20 Å². The minimum atomic E-state index is -0.849. The number of hydrogen-bond acceptors (Lipinski definition) is 7. The van der Waals surface area contributed by atoms with Gasteiger partial charge in [-0.1, -0.05) is 6.92 Å². The maximum atomic E-state index is 13.0. The van der Waals surface area contributed by atoms with Crippen LogP contribution in [0, 0.1) is 22.7 Å². The van der Waals surface area contributed by atoms with Crippen molar-refractivity contribution in [1.82, 2.24) is 29.3 Å². The zero-order chi connectivity index (χ0) is 24.3. The van der Waals surface area contributed by atoms with E-state index in [4.69, 9.17) is 10.7 Å². The predicted octanol–water partition coefficient (Wildman–Crippen LogP) is 1.98. The van der Waals surface area contributed by atoms with E-state index in [1.54, 1.807) is 15.6 Å². The number of primary amides is 1. The zero-order valence-corrected chi connectivity index (χ0v) is 19.5. The second-order valence-corrected chi connectivity index (χ2v) is 9.96. The highest BCUT2D eigenvalue weighted by atomic mass is 16.2. The predicted molar refractivity (Wildman–Crippen MR) is 126 cm³/mol. The maximum Gasteiger partial charge on any atom is 0.252 e. The molecule has 0 unspecified atom stereocenters. The molecule has 0 aromatic carbocycles. The Labute approximate surface area is 201 Å². The minimum absolute atomic E-state index is 0.0893. The normalized spacial score (nSPS) is 22.8. The van der Waals surface area contributed by atoms with Crippen LogP contribution in [0.3, 0.4) is 0 Å². The number of aromatic nitrogens is 5. The van der Waals surface area contributed by atoms with Crippen molar-refractivity contribution >= 4 is 23.1 Å². The topological polar surface area (TPSA) is 147 Å². The summed E-state index contributed by atoms with van der Waals surface area (Å²) in [7, 11) is 0. The molecule has 11 nitrogen and oxygen atoms in total. The fourth-order valence-corrected chi connectivity index (χ4v) is 5.01. The molecule has 1 saturated heterocycles. The molecule has 35 heavy (non-hydrogen) atoms. The van der Waals surface area contributed by atoms with E-state index >= 15 is 0 Å². The molecule has 1 aliphatic heterocycles. The van der Waals surface area contributed by atoms with Crippen LogP contribution in [0.2, 0.25) is 0 Å². The Balaban J connectivity index is 1.33. The Kier molecular flexibility index (Phi) is 4.81. The molecule has 3 aromatic heterocycles. The van der Waals surface area contributed by atoms with Crippen LogP contribution in [-0.2, 0) is 4.79 Å². The first-order chi connectivity index (χ1) is 16.9. The molecule has 0 radical (unpaired) electrons. The minimum Gasteiger partial charge on any atom is -0.376 e. The van der Waals surface area contributed by atoms with E-state index in [1.807, 2.05) is 17.1 Å². The highest BCUT2D eigenvalue weighted by molar-refractivity contribution is 6.01. The van der Waals surface area contributed by atoms with Crippen LogP contribution in [0.5, 0.6) is 0 Å². The molecule has 2 aliphatic carbocycles. The standard InChI is InChI=1S/C24H27N9O2/c1-2-14-9-31(23(35)24(13-25)5-6-24)11-18(14)29-20-17(21(26)34)8-28-33-12-19(30-22(20)33)15-7-27-32(10-15)16-3-4-16/h7-8,10,12,14,16,18,29H,2-6,9,11H2,1H3,(H2,26,34)/t14-,18+/m0/s1. The van der Waals surface area contributed by atoms with Crippen LogP contribution in [0.1, 0.15) is 55.4 Å².